The predicted octanol–water partition coefficient (Wildman–Crippen LogP) is 3.68. The van der Waals surface area contributed by atoms with Gasteiger partial charge in [0.05, 0.1) is 0 Å². The van der Waals surface area contributed by atoms with Gasteiger partial charge < -0.3 is 10.2 Å². The van der Waals surface area contributed by atoms with Crippen molar-refractivity contribution in [2.24, 2.45) is 5.41 Å². The molecule has 0 radical (unpaired) electrons. The van der Waals surface area contributed by atoms with Crippen LogP contribution in [-0.4, -0.2) is 32.1 Å². The third-order valence-corrected chi connectivity index (χ3v) is 4.62. The molecule has 1 saturated carbocycles. The van der Waals surface area contributed by atoms with E-state index in [4.69, 9.17) is 0 Å². The summed E-state index contributed by atoms with van der Waals surface area (Å²) in [5.41, 5.74) is 1.90. The van der Waals surface area contributed by atoms with E-state index in [0.29, 0.717) is 5.41 Å². The molecule has 2 nitrogen and oxygen atoms in total. The SMILES string of the molecule is CNCC1(CN(C)Cc2ccccc2)CCCCCC1. The second-order valence-corrected chi connectivity index (χ2v) is 6.60. The van der Waals surface area contributed by atoms with Crippen LogP contribution in [0.2, 0.25) is 0 Å². The zero-order valence-corrected chi connectivity index (χ0v) is 13.2. The van der Waals surface area contributed by atoms with Gasteiger partial charge in [-0.25, -0.2) is 0 Å². The number of benzene rings is 1. The Bertz CT molecular complexity index is 366. The van der Waals surface area contributed by atoms with Crippen LogP contribution in [-0.2, 0) is 6.54 Å². The van der Waals surface area contributed by atoms with Gasteiger partial charge in [-0.15, -0.1) is 0 Å². The molecule has 0 amide bonds. The minimum Gasteiger partial charge on any atom is -0.319 e. The van der Waals surface area contributed by atoms with E-state index in [1.54, 1.807) is 0 Å². The maximum absolute atomic E-state index is 3.45. The highest BCUT2D eigenvalue weighted by atomic mass is 15.1. The van der Waals surface area contributed by atoms with Crippen molar-refractivity contribution < 1.29 is 0 Å². The van der Waals surface area contributed by atoms with E-state index in [1.165, 1.54) is 50.6 Å². The lowest BCUT2D eigenvalue weighted by Crippen LogP contribution is -2.41. The summed E-state index contributed by atoms with van der Waals surface area (Å²) < 4.78 is 0. The summed E-state index contributed by atoms with van der Waals surface area (Å²) in [5.74, 6) is 0. The molecule has 1 aliphatic rings. The van der Waals surface area contributed by atoms with Crippen LogP contribution >= 0.6 is 0 Å². The van der Waals surface area contributed by atoms with E-state index < -0.39 is 0 Å². The van der Waals surface area contributed by atoms with Crippen molar-refractivity contribution in [1.82, 2.24) is 10.2 Å². The molecule has 0 atom stereocenters. The molecule has 1 aromatic rings. The van der Waals surface area contributed by atoms with E-state index in [2.05, 4.69) is 54.6 Å². The molecule has 1 fully saturated rings. The summed E-state index contributed by atoms with van der Waals surface area (Å²) in [5, 5.41) is 3.45. The lowest BCUT2D eigenvalue weighted by Gasteiger charge is -2.36. The molecule has 1 aliphatic carbocycles. The zero-order chi connectivity index (χ0) is 14.3. The highest BCUT2D eigenvalue weighted by Crippen LogP contribution is 2.35. The molecule has 112 valence electrons. The fourth-order valence-electron chi connectivity index (χ4n) is 3.77. The summed E-state index contributed by atoms with van der Waals surface area (Å²) in [6.45, 7) is 3.43. The highest BCUT2D eigenvalue weighted by Gasteiger charge is 2.31. The Labute approximate surface area is 124 Å². The van der Waals surface area contributed by atoms with Gasteiger partial charge in [0.25, 0.3) is 0 Å². The smallest absolute Gasteiger partial charge is 0.0230 e. The normalized spacial score (nSPS) is 18.9. The summed E-state index contributed by atoms with van der Waals surface area (Å²) in [7, 11) is 4.37. The van der Waals surface area contributed by atoms with Crippen LogP contribution in [0.15, 0.2) is 30.3 Å². The molecule has 0 heterocycles. The summed E-state index contributed by atoms with van der Waals surface area (Å²) in [6, 6.07) is 10.8. The van der Waals surface area contributed by atoms with Crippen LogP contribution in [0.25, 0.3) is 0 Å². The Morgan fingerprint density at radius 1 is 1.05 bits per heavy atom. The second kappa shape index (κ2) is 7.80. The van der Waals surface area contributed by atoms with Gasteiger partial charge in [0.15, 0.2) is 0 Å². The van der Waals surface area contributed by atoms with Crippen LogP contribution in [0.3, 0.4) is 0 Å². The minimum atomic E-state index is 0.481. The number of hydrogen-bond donors (Lipinski definition) is 1. The van der Waals surface area contributed by atoms with E-state index >= 15 is 0 Å². The second-order valence-electron chi connectivity index (χ2n) is 6.60. The van der Waals surface area contributed by atoms with Crippen molar-refractivity contribution in [2.45, 2.75) is 45.1 Å². The molecule has 2 heteroatoms. The largest absolute Gasteiger partial charge is 0.319 e. The Kier molecular flexibility index (Phi) is 6.06. The van der Waals surface area contributed by atoms with Crippen LogP contribution in [0.4, 0.5) is 0 Å². The molecule has 20 heavy (non-hydrogen) atoms. The Hall–Kier alpha value is -0.860. The highest BCUT2D eigenvalue weighted by molar-refractivity contribution is 5.14. The lowest BCUT2D eigenvalue weighted by atomic mass is 9.79. The Morgan fingerprint density at radius 2 is 1.70 bits per heavy atom. The monoisotopic (exact) mass is 274 g/mol. The van der Waals surface area contributed by atoms with E-state index in [-0.39, 0.29) is 0 Å². The molecule has 0 bridgehead atoms. The summed E-state index contributed by atoms with van der Waals surface area (Å²) in [6.07, 6.45) is 8.42. The van der Waals surface area contributed by atoms with E-state index in [1.807, 2.05) is 0 Å². The maximum Gasteiger partial charge on any atom is 0.0230 e. The molecule has 0 aliphatic heterocycles. The molecule has 0 unspecified atom stereocenters. The van der Waals surface area contributed by atoms with Crippen molar-refractivity contribution in [2.75, 3.05) is 27.2 Å². The van der Waals surface area contributed by atoms with Crippen molar-refractivity contribution in [1.29, 1.82) is 0 Å². The van der Waals surface area contributed by atoms with Crippen molar-refractivity contribution in [3.63, 3.8) is 0 Å². The minimum absolute atomic E-state index is 0.481. The van der Waals surface area contributed by atoms with Gasteiger partial charge in [0.2, 0.25) is 0 Å². The predicted molar refractivity (Wildman–Crippen MR) is 86.8 cm³/mol. The van der Waals surface area contributed by atoms with Crippen LogP contribution < -0.4 is 5.32 Å². The van der Waals surface area contributed by atoms with Crippen LogP contribution in [0, 0.1) is 5.41 Å². The van der Waals surface area contributed by atoms with E-state index in [0.717, 1.165) is 13.1 Å². The number of nitrogens with one attached hydrogen (secondary N) is 1. The zero-order valence-electron chi connectivity index (χ0n) is 13.2. The first-order chi connectivity index (χ1) is 9.74. The van der Waals surface area contributed by atoms with Gasteiger partial charge in [-0.05, 0) is 37.9 Å². The van der Waals surface area contributed by atoms with Crippen LogP contribution in [0.1, 0.15) is 44.1 Å². The quantitative estimate of drug-likeness (QED) is 0.796. The van der Waals surface area contributed by atoms with Gasteiger partial charge in [0, 0.05) is 19.6 Å². The molecule has 1 aromatic carbocycles. The van der Waals surface area contributed by atoms with Gasteiger partial charge in [0.1, 0.15) is 0 Å². The van der Waals surface area contributed by atoms with Crippen LogP contribution in [0.5, 0.6) is 0 Å². The number of hydrogen-bond acceptors (Lipinski definition) is 2. The Balaban J connectivity index is 1.96. The molecular weight excluding hydrogens is 244 g/mol. The summed E-state index contributed by atoms with van der Waals surface area (Å²) in [4.78, 5) is 2.51. The fourth-order valence-corrected chi connectivity index (χ4v) is 3.77. The van der Waals surface area contributed by atoms with Crippen molar-refractivity contribution in [3.05, 3.63) is 35.9 Å². The Morgan fingerprint density at radius 3 is 2.30 bits per heavy atom. The van der Waals surface area contributed by atoms with Gasteiger partial charge in [-0.2, -0.15) is 0 Å². The van der Waals surface area contributed by atoms with E-state index in [9.17, 15) is 0 Å². The average Bonchev–Trinajstić information content (AvgIpc) is 2.66. The molecule has 0 spiro atoms. The first-order valence-corrected chi connectivity index (χ1v) is 8.11. The average molecular weight is 274 g/mol. The van der Waals surface area contributed by atoms with Gasteiger partial charge in [-0.3, -0.25) is 0 Å². The first kappa shape index (κ1) is 15.5. The fraction of sp³-hybridized carbons (Fsp3) is 0.667. The first-order valence-electron chi connectivity index (χ1n) is 8.11. The maximum atomic E-state index is 3.45. The molecular formula is C18H30N2. The van der Waals surface area contributed by atoms with Gasteiger partial charge in [-0.1, -0.05) is 56.0 Å². The number of nitrogens with zero attached hydrogens (tertiary/aromatic N) is 1. The van der Waals surface area contributed by atoms with Crippen molar-refractivity contribution >= 4 is 0 Å². The third kappa shape index (κ3) is 4.60. The molecule has 0 aromatic heterocycles. The lowest BCUT2D eigenvalue weighted by molar-refractivity contribution is 0.144. The molecule has 1 N–H and O–H groups in total. The topological polar surface area (TPSA) is 15.3 Å². The summed E-state index contributed by atoms with van der Waals surface area (Å²) >= 11 is 0. The van der Waals surface area contributed by atoms with Gasteiger partial charge >= 0.3 is 0 Å². The number of rotatable bonds is 6. The molecule has 0 saturated heterocycles. The third-order valence-electron chi connectivity index (χ3n) is 4.62. The molecule has 2 rings (SSSR count). The van der Waals surface area contributed by atoms with Crippen molar-refractivity contribution in [3.8, 4) is 0 Å². The standard InChI is InChI=1S/C18H30N2/c1-19-15-18(12-8-3-4-9-13-18)16-20(2)14-17-10-6-5-7-11-17/h5-7,10-11,19H,3-4,8-9,12-16H2,1-2H3.